The van der Waals surface area contributed by atoms with Gasteiger partial charge in [0, 0.05) is 20.1 Å². The zero-order chi connectivity index (χ0) is 13.3. The van der Waals surface area contributed by atoms with Crippen molar-refractivity contribution in [1.82, 2.24) is 4.90 Å². The van der Waals surface area contributed by atoms with Crippen LogP contribution < -0.4 is 0 Å². The molecule has 2 rings (SSSR count). The number of hydrogen-bond acceptors (Lipinski definition) is 1. The molecule has 18 heavy (non-hydrogen) atoms. The van der Waals surface area contributed by atoms with Crippen LogP contribution in [0.5, 0.6) is 0 Å². The van der Waals surface area contributed by atoms with E-state index in [1.165, 1.54) is 6.42 Å². The van der Waals surface area contributed by atoms with Crippen molar-refractivity contribution in [1.29, 1.82) is 0 Å². The van der Waals surface area contributed by atoms with Gasteiger partial charge in [0.15, 0.2) is 0 Å². The number of benzene rings is 1. The number of carbonyl (C=O) groups excluding carboxylic acids is 1. The Morgan fingerprint density at radius 3 is 2.56 bits per heavy atom. The van der Waals surface area contributed by atoms with E-state index < -0.39 is 0 Å². The molecule has 0 aliphatic carbocycles. The second-order valence-corrected chi connectivity index (χ2v) is 7.07. The van der Waals surface area contributed by atoms with E-state index in [1.54, 1.807) is 0 Å². The number of nitrogens with zero attached hydrogens (tertiary/aromatic N) is 1. The molecule has 1 amide bonds. The van der Waals surface area contributed by atoms with E-state index in [0.717, 1.165) is 26.4 Å². The first kappa shape index (κ1) is 14.3. The molecule has 2 nitrogen and oxygen atoms in total. The quantitative estimate of drug-likeness (QED) is 0.613. The Balaban J connectivity index is 2.32. The Morgan fingerprint density at radius 1 is 1.33 bits per heavy atom. The average Bonchev–Trinajstić information content (AvgIpc) is 2.32. The van der Waals surface area contributed by atoms with Gasteiger partial charge in [-0.3, -0.25) is 4.79 Å². The Hall–Kier alpha value is -0.100. The maximum atomic E-state index is 12.7. The van der Waals surface area contributed by atoms with Crippen LogP contribution >= 0.6 is 38.5 Å². The van der Waals surface area contributed by atoms with Gasteiger partial charge < -0.3 is 4.90 Å². The fourth-order valence-corrected chi connectivity index (χ4v) is 3.53. The van der Waals surface area contributed by atoms with Gasteiger partial charge in [0.2, 0.25) is 0 Å². The summed E-state index contributed by atoms with van der Waals surface area (Å²) in [6.45, 7) is 4.30. The van der Waals surface area contributed by atoms with E-state index >= 15 is 0 Å². The van der Waals surface area contributed by atoms with Crippen molar-refractivity contribution in [2.75, 3.05) is 0 Å². The van der Waals surface area contributed by atoms with Crippen molar-refractivity contribution < 1.29 is 4.79 Å². The molecule has 98 valence electrons. The van der Waals surface area contributed by atoms with Gasteiger partial charge in [-0.25, -0.2) is 0 Å². The summed E-state index contributed by atoms with van der Waals surface area (Å²) in [5, 5.41) is 0. The van der Waals surface area contributed by atoms with Gasteiger partial charge in [-0.2, -0.15) is 0 Å². The second kappa shape index (κ2) is 5.90. The second-order valence-electron chi connectivity index (χ2n) is 4.97. The van der Waals surface area contributed by atoms with Crippen molar-refractivity contribution in [3.8, 4) is 0 Å². The van der Waals surface area contributed by atoms with Crippen LogP contribution in [-0.2, 0) is 0 Å². The maximum Gasteiger partial charge on any atom is 0.255 e. The number of amides is 1. The van der Waals surface area contributed by atoms with E-state index in [1.807, 2.05) is 23.1 Å². The third-order valence-electron chi connectivity index (χ3n) is 3.59. The lowest BCUT2D eigenvalue weighted by atomic mass is 9.96. The van der Waals surface area contributed by atoms with Crippen LogP contribution in [-0.4, -0.2) is 22.9 Å². The SMILES string of the molecule is CC1CCCC(C)N1C(=O)c1cc(I)ccc1Br. The predicted octanol–water partition coefficient (Wildman–Crippen LogP) is 4.46. The Morgan fingerprint density at radius 2 is 1.94 bits per heavy atom. The van der Waals surface area contributed by atoms with E-state index in [-0.39, 0.29) is 5.91 Å². The normalized spacial score (nSPS) is 24.1. The molecule has 1 aromatic carbocycles. The molecule has 0 bridgehead atoms. The minimum Gasteiger partial charge on any atom is -0.333 e. The zero-order valence-corrected chi connectivity index (χ0v) is 14.4. The molecule has 4 heteroatoms. The lowest BCUT2D eigenvalue weighted by Crippen LogP contribution is -2.47. The summed E-state index contributed by atoms with van der Waals surface area (Å²) in [5.74, 6) is 0.153. The Bertz CT molecular complexity index is 453. The monoisotopic (exact) mass is 421 g/mol. The average molecular weight is 422 g/mol. The lowest BCUT2D eigenvalue weighted by molar-refractivity contribution is 0.0509. The van der Waals surface area contributed by atoms with Gasteiger partial charge in [0.25, 0.3) is 5.91 Å². The lowest BCUT2D eigenvalue weighted by Gasteiger charge is -2.39. The molecule has 0 radical (unpaired) electrons. The molecule has 1 aliphatic rings. The largest absolute Gasteiger partial charge is 0.333 e. The summed E-state index contributed by atoms with van der Waals surface area (Å²) in [6.07, 6.45) is 3.44. The highest BCUT2D eigenvalue weighted by Gasteiger charge is 2.30. The highest BCUT2D eigenvalue weighted by molar-refractivity contribution is 14.1. The highest BCUT2D eigenvalue weighted by atomic mass is 127. The van der Waals surface area contributed by atoms with E-state index in [2.05, 4.69) is 52.4 Å². The number of rotatable bonds is 1. The number of halogens is 2. The summed E-state index contributed by atoms with van der Waals surface area (Å²) in [7, 11) is 0. The van der Waals surface area contributed by atoms with E-state index in [9.17, 15) is 4.79 Å². The summed E-state index contributed by atoms with van der Waals surface area (Å²) in [4.78, 5) is 14.7. The number of hydrogen-bond donors (Lipinski definition) is 0. The third kappa shape index (κ3) is 2.90. The molecule has 0 aromatic heterocycles. The van der Waals surface area contributed by atoms with Crippen molar-refractivity contribution in [3.05, 3.63) is 31.8 Å². The fourth-order valence-electron chi connectivity index (χ4n) is 2.62. The van der Waals surface area contributed by atoms with Crippen molar-refractivity contribution in [2.24, 2.45) is 0 Å². The number of carbonyl (C=O) groups is 1. The van der Waals surface area contributed by atoms with E-state index in [4.69, 9.17) is 0 Å². The fraction of sp³-hybridized carbons (Fsp3) is 0.500. The Labute approximate surface area is 130 Å². The van der Waals surface area contributed by atoms with Gasteiger partial charge in [-0.05, 0) is 89.8 Å². The molecule has 1 fully saturated rings. The van der Waals surface area contributed by atoms with Gasteiger partial charge >= 0.3 is 0 Å². The van der Waals surface area contributed by atoms with Crippen LogP contribution in [0.4, 0.5) is 0 Å². The van der Waals surface area contributed by atoms with Gasteiger partial charge in [0.05, 0.1) is 5.56 Å². The first-order chi connectivity index (χ1) is 8.50. The first-order valence-corrected chi connectivity index (χ1v) is 8.15. The van der Waals surface area contributed by atoms with Crippen LogP contribution in [0, 0.1) is 3.57 Å². The van der Waals surface area contributed by atoms with Gasteiger partial charge in [-0.1, -0.05) is 0 Å². The molecule has 0 N–H and O–H groups in total. The van der Waals surface area contributed by atoms with E-state index in [0.29, 0.717) is 12.1 Å². The van der Waals surface area contributed by atoms with Crippen molar-refractivity contribution >= 4 is 44.4 Å². The topological polar surface area (TPSA) is 20.3 Å². The molecule has 0 saturated carbocycles. The van der Waals surface area contributed by atoms with Crippen LogP contribution in [0.25, 0.3) is 0 Å². The van der Waals surface area contributed by atoms with Crippen LogP contribution in [0.1, 0.15) is 43.5 Å². The Kier molecular flexibility index (Phi) is 4.69. The zero-order valence-electron chi connectivity index (χ0n) is 10.6. The molecule has 1 aromatic rings. The standard InChI is InChI=1S/C14H17BrINO/c1-9-4-3-5-10(2)17(9)14(18)12-8-11(16)6-7-13(12)15/h6-10H,3-5H2,1-2H3. The highest BCUT2D eigenvalue weighted by Crippen LogP contribution is 2.28. The summed E-state index contributed by atoms with van der Waals surface area (Å²) < 4.78 is 1.98. The van der Waals surface area contributed by atoms with Crippen molar-refractivity contribution in [2.45, 2.75) is 45.2 Å². The predicted molar refractivity (Wildman–Crippen MR) is 85.8 cm³/mol. The minimum absolute atomic E-state index is 0.153. The van der Waals surface area contributed by atoms with Crippen LogP contribution in [0.15, 0.2) is 22.7 Å². The summed E-state index contributed by atoms with van der Waals surface area (Å²) in [5.41, 5.74) is 0.780. The molecular weight excluding hydrogens is 405 g/mol. The molecular formula is C14H17BrINO. The minimum atomic E-state index is 0.153. The van der Waals surface area contributed by atoms with Crippen LogP contribution in [0.2, 0.25) is 0 Å². The maximum absolute atomic E-state index is 12.7. The summed E-state index contributed by atoms with van der Waals surface area (Å²) >= 11 is 5.73. The van der Waals surface area contributed by atoms with Crippen LogP contribution in [0.3, 0.4) is 0 Å². The number of piperidine rings is 1. The third-order valence-corrected chi connectivity index (χ3v) is 4.95. The first-order valence-electron chi connectivity index (χ1n) is 6.28. The molecule has 1 aliphatic heterocycles. The molecule has 2 atom stereocenters. The molecule has 1 saturated heterocycles. The molecule has 1 heterocycles. The number of likely N-dealkylation sites (tertiary alicyclic amines) is 1. The molecule has 2 unspecified atom stereocenters. The van der Waals surface area contributed by atoms with Crippen molar-refractivity contribution in [3.63, 3.8) is 0 Å². The van der Waals surface area contributed by atoms with Gasteiger partial charge in [0.1, 0.15) is 0 Å². The van der Waals surface area contributed by atoms with Gasteiger partial charge in [-0.15, -0.1) is 0 Å². The smallest absolute Gasteiger partial charge is 0.255 e. The summed E-state index contributed by atoms with van der Waals surface area (Å²) in [6, 6.07) is 6.59. The molecule has 0 spiro atoms.